The van der Waals surface area contributed by atoms with Gasteiger partial charge in [-0.15, -0.1) is 0 Å². The Bertz CT molecular complexity index is 577. The van der Waals surface area contributed by atoms with E-state index >= 15 is 0 Å². The van der Waals surface area contributed by atoms with Gasteiger partial charge >= 0.3 is 0 Å². The number of halogens is 1. The number of aromatic nitrogens is 2. The zero-order valence-corrected chi connectivity index (χ0v) is 13.7. The highest BCUT2D eigenvalue weighted by atomic mass is 35.5. The molecule has 0 radical (unpaired) electrons. The lowest BCUT2D eigenvalue weighted by atomic mass is 10.3. The predicted octanol–water partition coefficient (Wildman–Crippen LogP) is 1.10. The van der Waals surface area contributed by atoms with Crippen LogP contribution in [0.5, 0.6) is 0 Å². The van der Waals surface area contributed by atoms with Crippen molar-refractivity contribution in [3.8, 4) is 0 Å². The minimum absolute atomic E-state index is 0.144. The summed E-state index contributed by atoms with van der Waals surface area (Å²) in [5, 5.41) is 4.26. The molecule has 1 aromatic heterocycles. The average Bonchev–Trinajstić information content (AvgIpc) is 2.64. The zero-order chi connectivity index (χ0) is 14.9. The summed E-state index contributed by atoms with van der Waals surface area (Å²) >= 11 is 6.08. The fraction of sp³-hybridized carbons (Fsp3) is 0.750. The van der Waals surface area contributed by atoms with Crippen LogP contribution in [-0.2, 0) is 17.1 Å². The lowest BCUT2D eigenvalue weighted by Crippen LogP contribution is -2.48. The predicted molar refractivity (Wildman–Crippen MR) is 78.4 cm³/mol. The van der Waals surface area contributed by atoms with Gasteiger partial charge in [0.25, 0.3) is 0 Å². The number of rotatable bonds is 4. The standard InChI is InChI=1S/C12H21ClN4O2S/c1-4-5-16-6-8-17(9-7-16)20(18,19)11-10(2)14-15(3)12(11)13/h4-9H2,1-3H3. The van der Waals surface area contributed by atoms with E-state index in [1.807, 2.05) is 0 Å². The lowest BCUT2D eigenvalue weighted by molar-refractivity contribution is 0.188. The van der Waals surface area contributed by atoms with Crippen LogP contribution in [0.3, 0.4) is 0 Å². The molecule has 0 spiro atoms. The summed E-state index contributed by atoms with van der Waals surface area (Å²) in [4.78, 5) is 2.43. The van der Waals surface area contributed by atoms with Crippen molar-refractivity contribution in [2.45, 2.75) is 25.2 Å². The summed E-state index contributed by atoms with van der Waals surface area (Å²) in [7, 11) is -1.90. The highest BCUT2D eigenvalue weighted by molar-refractivity contribution is 7.89. The van der Waals surface area contributed by atoms with Crippen LogP contribution in [0.4, 0.5) is 0 Å². The third-order valence-corrected chi connectivity index (χ3v) is 6.16. The number of hydrogen-bond donors (Lipinski definition) is 0. The second-order valence-corrected chi connectivity index (χ2v) is 7.31. The molecular formula is C12H21ClN4O2S. The normalized spacial score (nSPS) is 18.6. The van der Waals surface area contributed by atoms with E-state index in [-0.39, 0.29) is 10.0 Å². The Balaban J connectivity index is 2.20. The van der Waals surface area contributed by atoms with Crippen molar-refractivity contribution in [2.75, 3.05) is 32.7 Å². The SMILES string of the molecule is CCCN1CCN(S(=O)(=O)c2c(C)nn(C)c2Cl)CC1. The van der Waals surface area contributed by atoms with E-state index in [9.17, 15) is 8.42 Å². The van der Waals surface area contributed by atoms with Gasteiger partial charge in [-0.1, -0.05) is 18.5 Å². The quantitative estimate of drug-likeness (QED) is 0.833. The molecule has 1 aliphatic heterocycles. The first-order chi connectivity index (χ1) is 9.37. The minimum Gasteiger partial charge on any atom is -0.301 e. The van der Waals surface area contributed by atoms with Crippen LogP contribution in [-0.4, -0.2) is 60.1 Å². The second kappa shape index (κ2) is 6.01. The molecule has 0 atom stereocenters. The van der Waals surface area contributed by atoms with Crippen molar-refractivity contribution in [2.24, 2.45) is 7.05 Å². The van der Waals surface area contributed by atoms with Crippen LogP contribution in [0.1, 0.15) is 19.0 Å². The largest absolute Gasteiger partial charge is 0.301 e. The molecule has 1 fully saturated rings. The first-order valence-corrected chi connectivity index (χ1v) is 8.61. The number of aryl methyl sites for hydroxylation is 2. The Morgan fingerprint density at radius 3 is 2.30 bits per heavy atom. The van der Waals surface area contributed by atoms with Crippen molar-refractivity contribution < 1.29 is 8.42 Å². The Labute approximate surface area is 125 Å². The van der Waals surface area contributed by atoms with E-state index in [1.165, 1.54) is 8.99 Å². The van der Waals surface area contributed by atoms with Gasteiger partial charge in [-0.3, -0.25) is 4.68 Å². The first-order valence-electron chi connectivity index (χ1n) is 6.79. The third-order valence-electron chi connectivity index (χ3n) is 3.57. The van der Waals surface area contributed by atoms with Crippen LogP contribution in [0.15, 0.2) is 4.90 Å². The number of hydrogen-bond acceptors (Lipinski definition) is 4. The van der Waals surface area contributed by atoms with Gasteiger partial charge in [-0.05, 0) is 19.9 Å². The summed E-state index contributed by atoms with van der Waals surface area (Å²) in [6, 6.07) is 0. The highest BCUT2D eigenvalue weighted by Crippen LogP contribution is 2.27. The van der Waals surface area contributed by atoms with Gasteiger partial charge in [-0.2, -0.15) is 9.40 Å². The number of piperazine rings is 1. The Morgan fingerprint density at radius 1 is 1.25 bits per heavy atom. The molecule has 1 saturated heterocycles. The summed E-state index contributed by atoms with van der Waals surface area (Å²) in [6.07, 6.45) is 1.08. The monoisotopic (exact) mass is 320 g/mol. The lowest BCUT2D eigenvalue weighted by Gasteiger charge is -2.33. The van der Waals surface area contributed by atoms with Crippen molar-refractivity contribution in [1.29, 1.82) is 0 Å². The van der Waals surface area contributed by atoms with Crippen LogP contribution in [0.2, 0.25) is 5.15 Å². The maximum atomic E-state index is 12.7. The molecule has 114 valence electrons. The third kappa shape index (κ3) is 2.86. The molecule has 0 N–H and O–H groups in total. The molecule has 6 nitrogen and oxygen atoms in total. The smallest absolute Gasteiger partial charge is 0.248 e. The molecule has 8 heteroatoms. The van der Waals surface area contributed by atoms with Gasteiger partial charge in [0.15, 0.2) is 0 Å². The molecule has 0 aliphatic carbocycles. The van der Waals surface area contributed by atoms with Crippen LogP contribution < -0.4 is 0 Å². The summed E-state index contributed by atoms with van der Waals surface area (Å²) in [5.74, 6) is 0. The number of sulfonamides is 1. The van der Waals surface area contributed by atoms with E-state index < -0.39 is 10.0 Å². The minimum atomic E-state index is -3.55. The van der Waals surface area contributed by atoms with E-state index in [0.29, 0.717) is 18.8 Å². The van der Waals surface area contributed by atoms with Crippen molar-refractivity contribution in [3.63, 3.8) is 0 Å². The molecule has 0 aromatic carbocycles. The molecule has 1 aromatic rings. The van der Waals surface area contributed by atoms with Gasteiger partial charge in [0.1, 0.15) is 10.0 Å². The molecule has 0 unspecified atom stereocenters. The molecule has 0 bridgehead atoms. The van der Waals surface area contributed by atoms with E-state index in [4.69, 9.17) is 11.6 Å². The average molecular weight is 321 g/mol. The first kappa shape index (κ1) is 15.8. The van der Waals surface area contributed by atoms with Crippen LogP contribution in [0, 0.1) is 6.92 Å². The Morgan fingerprint density at radius 2 is 1.85 bits per heavy atom. The van der Waals surface area contributed by atoms with Gasteiger partial charge in [0.2, 0.25) is 10.0 Å². The molecule has 2 heterocycles. The maximum absolute atomic E-state index is 12.7. The van der Waals surface area contributed by atoms with Gasteiger partial charge in [0.05, 0.1) is 5.69 Å². The van der Waals surface area contributed by atoms with E-state index in [0.717, 1.165) is 26.1 Å². The molecule has 0 saturated carbocycles. The van der Waals surface area contributed by atoms with Crippen molar-refractivity contribution in [3.05, 3.63) is 10.8 Å². The van der Waals surface area contributed by atoms with Crippen LogP contribution in [0.25, 0.3) is 0 Å². The molecule has 20 heavy (non-hydrogen) atoms. The molecule has 1 aliphatic rings. The van der Waals surface area contributed by atoms with Crippen molar-refractivity contribution in [1.82, 2.24) is 19.0 Å². The summed E-state index contributed by atoms with van der Waals surface area (Å²) in [6.45, 7) is 7.36. The van der Waals surface area contributed by atoms with Crippen molar-refractivity contribution >= 4 is 21.6 Å². The van der Waals surface area contributed by atoms with E-state index in [2.05, 4.69) is 16.9 Å². The maximum Gasteiger partial charge on any atom is 0.248 e. The fourth-order valence-corrected chi connectivity index (χ4v) is 4.67. The topological polar surface area (TPSA) is 58.4 Å². The zero-order valence-electron chi connectivity index (χ0n) is 12.1. The van der Waals surface area contributed by atoms with Gasteiger partial charge in [-0.25, -0.2) is 8.42 Å². The Hall–Kier alpha value is -0.630. The number of nitrogens with zero attached hydrogens (tertiary/aromatic N) is 4. The second-order valence-electron chi connectivity index (χ2n) is 5.07. The van der Waals surface area contributed by atoms with Crippen LogP contribution >= 0.6 is 11.6 Å². The fourth-order valence-electron chi connectivity index (χ4n) is 2.54. The molecular weight excluding hydrogens is 300 g/mol. The van der Waals surface area contributed by atoms with E-state index in [1.54, 1.807) is 14.0 Å². The van der Waals surface area contributed by atoms with Gasteiger partial charge in [0, 0.05) is 33.2 Å². The summed E-state index contributed by atoms with van der Waals surface area (Å²) < 4.78 is 28.3. The molecule has 2 rings (SSSR count). The highest BCUT2D eigenvalue weighted by Gasteiger charge is 2.33. The summed E-state index contributed by atoms with van der Waals surface area (Å²) in [5.41, 5.74) is 0.452. The molecule has 0 amide bonds. The van der Waals surface area contributed by atoms with Gasteiger partial charge < -0.3 is 4.90 Å². The Kier molecular flexibility index (Phi) is 4.73.